The van der Waals surface area contributed by atoms with Crippen molar-refractivity contribution in [2.24, 2.45) is 0 Å². The topological polar surface area (TPSA) is 77.2 Å². The predicted molar refractivity (Wildman–Crippen MR) is 77.3 cm³/mol. The molecule has 1 heterocycles. The van der Waals surface area contributed by atoms with Crippen molar-refractivity contribution in [2.45, 2.75) is 0 Å². The highest BCUT2D eigenvalue weighted by Gasteiger charge is 2.11. The minimum Gasteiger partial charge on any atom is -0.495 e. The molecule has 3 N–H and O–H groups in total. The number of anilines is 2. The molecular formula is C13H12BrN3O2. The molecule has 2 aromatic rings. The van der Waals surface area contributed by atoms with Gasteiger partial charge in [0, 0.05) is 4.47 Å². The predicted octanol–water partition coefficient (Wildman–Crippen LogP) is 2.69. The van der Waals surface area contributed by atoms with Gasteiger partial charge in [0.15, 0.2) is 0 Å². The summed E-state index contributed by atoms with van der Waals surface area (Å²) in [5.41, 5.74) is 6.89. The van der Waals surface area contributed by atoms with Gasteiger partial charge in [-0.2, -0.15) is 0 Å². The Kier molecular flexibility index (Phi) is 4.01. The number of nitrogens with one attached hydrogen (secondary N) is 1. The van der Waals surface area contributed by atoms with Crippen LogP contribution < -0.4 is 15.8 Å². The van der Waals surface area contributed by atoms with Gasteiger partial charge in [0.25, 0.3) is 5.91 Å². The smallest absolute Gasteiger partial charge is 0.274 e. The van der Waals surface area contributed by atoms with Crippen molar-refractivity contribution in [2.75, 3.05) is 18.2 Å². The third-order valence-electron chi connectivity index (χ3n) is 2.43. The van der Waals surface area contributed by atoms with Crippen LogP contribution >= 0.6 is 15.9 Å². The van der Waals surface area contributed by atoms with E-state index in [4.69, 9.17) is 10.5 Å². The Morgan fingerprint density at radius 3 is 2.79 bits per heavy atom. The Morgan fingerprint density at radius 1 is 1.37 bits per heavy atom. The summed E-state index contributed by atoms with van der Waals surface area (Å²) in [7, 11) is 1.54. The highest BCUT2D eigenvalue weighted by Crippen LogP contribution is 2.28. The average Bonchev–Trinajstić information content (AvgIpc) is 2.39. The number of carbonyl (C=O) groups is 1. The number of pyridine rings is 1. The second-order valence-corrected chi connectivity index (χ2v) is 4.69. The molecule has 98 valence electrons. The fourth-order valence-corrected chi connectivity index (χ4v) is 1.86. The fraction of sp³-hybridized carbons (Fsp3) is 0.0769. The highest BCUT2D eigenvalue weighted by atomic mass is 79.9. The molecule has 0 aliphatic heterocycles. The van der Waals surface area contributed by atoms with E-state index in [2.05, 4.69) is 26.2 Å². The van der Waals surface area contributed by atoms with Crippen LogP contribution in [-0.4, -0.2) is 18.0 Å². The van der Waals surface area contributed by atoms with Crippen LogP contribution in [0.4, 0.5) is 11.4 Å². The summed E-state index contributed by atoms with van der Waals surface area (Å²) < 4.78 is 6.02. The largest absolute Gasteiger partial charge is 0.495 e. The minimum absolute atomic E-state index is 0.288. The molecule has 0 spiro atoms. The van der Waals surface area contributed by atoms with Gasteiger partial charge in [0.1, 0.15) is 11.4 Å². The van der Waals surface area contributed by atoms with E-state index >= 15 is 0 Å². The number of methoxy groups -OCH3 is 1. The molecule has 0 radical (unpaired) electrons. The van der Waals surface area contributed by atoms with E-state index < -0.39 is 0 Å². The summed E-state index contributed by atoms with van der Waals surface area (Å²) in [6, 6.07) is 8.54. The minimum atomic E-state index is -0.323. The number of benzene rings is 1. The van der Waals surface area contributed by atoms with Crippen molar-refractivity contribution >= 4 is 33.2 Å². The number of halogens is 1. The standard InChI is InChI=1S/C13H12BrN3O2/c1-19-12-5-2-8(14)6-11(12)17-13(18)10-4-3-9(15)7-16-10/h2-7H,15H2,1H3,(H,17,18). The maximum Gasteiger partial charge on any atom is 0.274 e. The van der Waals surface area contributed by atoms with Crippen LogP contribution in [0.15, 0.2) is 41.0 Å². The number of nitrogens with zero attached hydrogens (tertiary/aromatic N) is 1. The summed E-state index contributed by atoms with van der Waals surface area (Å²) in [4.78, 5) is 16.0. The molecule has 6 heteroatoms. The Balaban J connectivity index is 2.23. The lowest BCUT2D eigenvalue weighted by atomic mass is 10.2. The van der Waals surface area contributed by atoms with Gasteiger partial charge < -0.3 is 15.8 Å². The van der Waals surface area contributed by atoms with Gasteiger partial charge in [0.05, 0.1) is 24.7 Å². The van der Waals surface area contributed by atoms with E-state index in [9.17, 15) is 4.79 Å². The zero-order valence-electron chi connectivity index (χ0n) is 10.2. The molecule has 19 heavy (non-hydrogen) atoms. The quantitative estimate of drug-likeness (QED) is 0.911. The molecule has 1 aromatic heterocycles. The van der Waals surface area contributed by atoms with Crippen molar-refractivity contribution in [1.29, 1.82) is 0 Å². The second-order valence-electron chi connectivity index (χ2n) is 3.78. The fourth-order valence-electron chi connectivity index (χ4n) is 1.50. The van der Waals surface area contributed by atoms with Gasteiger partial charge in [-0.15, -0.1) is 0 Å². The molecule has 0 saturated heterocycles. The molecule has 0 saturated carbocycles. The van der Waals surface area contributed by atoms with Gasteiger partial charge in [0.2, 0.25) is 0 Å². The number of aromatic nitrogens is 1. The number of rotatable bonds is 3. The number of hydrogen-bond acceptors (Lipinski definition) is 4. The van der Waals surface area contributed by atoms with Crippen LogP contribution in [0.5, 0.6) is 5.75 Å². The first-order valence-electron chi connectivity index (χ1n) is 5.46. The number of amides is 1. The third kappa shape index (κ3) is 3.23. The number of nitrogens with two attached hydrogens (primary N) is 1. The van der Waals surface area contributed by atoms with E-state index in [1.165, 1.54) is 6.20 Å². The van der Waals surface area contributed by atoms with E-state index in [1.54, 1.807) is 31.4 Å². The van der Waals surface area contributed by atoms with Crippen LogP contribution in [0.25, 0.3) is 0 Å². The Hall–Kier alpha value is -2.08. The van der Waals surface area contributed by atoms with Crippen LogP contribution in [0, 0.1) is 0 Å². The number of ether oxygens (including phenoxy) is 1. The van der Waals surface area contributed by atoms with E-state index in [0.29, 0.717) is 17.1 Å². The normalized spacial score (nSPS) is 10.0. The first-order chi connectivity index (χ1) is 9.10. The van der Waals surface area contributed by atoms with Crippen LogP contribution in [-0.2, 0) is 0 Å². The lowest BCUT2D eigenvalue weighted by molar-refractivity contribution is 0.102. The highest BCUT2D eigenvalue weighted by molar-refractivity contribution is 9.10. The summed E-state index contributed by atoms with van der Waals surface area (Å²) in [5.74, 6) is 0.253. The van der Waals surface area contributed by atoms with Crippen molar-refractivity contribution in [3.63, 3.8) is 0 Å². The van der Waals surface area contributed by atoms with Crippen molar-refractivity contribution in [3.8, 4) is 5.75 Å². The van der Waals surface area contributed by atoms with Crippen LogP contribution in [0.1, 0.15) is 10.5 Å². The molecule has 1 aromatic carbocycles. The lowest BCUT2D eigenvalue weighted by Gasteiger charge is -2.10. The first kappa shape index (κ1) is 13.4. The molecule has 0 unspecified atom stereocenters. The van der Waals surface area contributed by atoms with Gasteiger partial charge in [-0.25, -0.2) is 4.98 Å². The van der Waals surface area contributed by atoms with Crippen LogP contribution in [0.2, 0.25) is 0 Å². The van der Waals surface area contributed by atoms with E-state index in [0.717, 1.165) is 4.47 Å². The molecule has 0 bridgehead atoms. The molecule has 0 aliphatic carbocycles. The van der Waals surface area contributed by atoms with Crippen molar-refractivity contribution in [1.82, 2.24) is 4.98 Å². The van der Waals surface area contributed by atoms with Gasteiger partial charge >= 0.3 is 0 Å². The molecule has 0 fully saturated rings. The number of nitrogen functional groups attached to an aromatic ring is 1. The maximum atomic E-state index is 12.0. The van der Waals surface area contributed by atoms with Crippen molar-refractivity contribution < 1.29 is 9.53 Å². The summed E-state index contributed by atoms with van der Waals surface area (Å²) in [5, 5.41) is 2.74. The number of carbonyl (C=O) groups excluding carboxylic acids is 1. The van der Waals surface area contributed by atoms with Gasteiger partial charge in [-0.3, -0.25) is 4.79 Å². The van der Waals surface area contributed by atoms with Crippen LogP contribution in [0.3, 0.4) is 0 Å². The SMILES string of the molecule is COc1ccc(Br)cc1NC(=O)c1ccc(N)cn1. The zero-order chi connectivity index (χ0) is 13.8. The molecule has 0 atom stereocenters. The van der Waals surface area contributed by atoms with E-state index in [-0.39, 0.29) is 11.6 Å². The Morgan fingerprint density at radius 2 is 2.16 bits per heavy atom. The average molecular weight is 322 g/mol. The summed E-state index contributed by atoms with van der Waals surface area (Å²) >= 11 is 3.34. The monoisotopic (exact) mass is 321 g/mol. The number of hydrogen-bond donors (Lipinski definition) is 2. The summed E-state index contributed by atoms with van der Waals surface area (Å²) in [6.45, 7) is 0. The Labute approximate surface area is 118 Å². The zero-order valence-corrected chi connectivity index (χ0v) is 11.8. The maximum absolute atomic E-state index is 12.0. The molecule has 0 aliphatic rings. The molecule has 5 nitrogen and oxygen atoms in total. The summed E-state index contributed by atoms with van der Waals surface area (Å²) in [6.07, 6.45) is 1.44. The molecule has 1 amide bonds. The third-order valence-corrected chi connectivity index (χ3v) is 2.92. The lowest BCUT2D eigenvalue weighted by Crippen LogP contribution is -2.14. The van der Waals surface area contributed by atoms with Gasteiger partial charge in [-0.1, -0.05) is 15.9 Å². The van der Waals surface area contributed by atoms with Crippen molar-refractivity contribution in [3.05, 3.63) is 46.7 Å². The Bertz CT molecular complexity index is 599. The molecule has 2 rings (SSSR count). The second kappa shape index (κ2) is 5.71. The van der Waals surface area contributed by atoms with Gasteiger partial charge in [-0.05, 0) is 30.3 Å². The molecular weight excluding hydrogens is 310 g/mol. The van der Waals surface area contributed by atoms with E-state index in [1.807, 2.05) is 6.07 Å². The first-order valence-corrected chi connectivity index (χ1v) is 6.26.